The maximum Gasteiger partial charge on any atom is 0.273 e. The standard InChI is InChI=1S/C30H40FN3O/c1-22(9-6-10-23(2)14-16-27-24(3)12-8-18-30(27,4)5)11-7-13-25-19-29(35)34(33-20-25)28-17-15-26(31)21-32-28/h10-11,15,17,19-21H,6-9,12-14,16,18H2,1-5H3/b22-11+,23-10+. The van der Waals surface area contributed by atoms with Crippen molar-refractivity contribution in [2.45, 2.75) is 92.4 Å². The van der Waals surface area contributed by atoms with E-state index in [1.165, 1.54) is 53.6 Å². The highest BCUT2D eigenvalue weighted by molar-refractivity contribution is 5.24. The molecule has 0 saturated heterocycles. The Balaban J connectivity index is 1.44. The van der Waals surface area contributed by atoms with E-state index < -0.39 is 5.82 Å². The van der Waals surface area contributed by atoms with Crippen LogP contribution in [-0.4, -0.2) is 14.8 Å². The molecule has 0 amide bonds. The van der Waals surface area contributed by atoms with Gasteiger partial charge in [-0.05, 0) is 102 Å². The Kier molecular flexibility index (Phi) is 9.36. The van der Waals surface area contributed by atoms with Crippen molar-refractivity contribution in [1.29, 1.82) is 0 Å². The number of allylic oxidation sites excluding steroid dienone is 6. The minimum Gasteiger partial charge on any atom is -0.267 e. The summed E-state index contributed by atoms with van der Waals surface area (Å²) in [5.74, 6) is -0.126. The summed E-state index contributed by atoms with van der Waals surface area (Å²) in [7, 11) is 0. The van der Waals surface area contributed by atoms with Crippen LogP contribution in [0, 0.1) is 11.2 Å². The van der Waals surface area contributed by atoms with Gasteiger partial charge in [0.15, 0.2) is 5.82 Å². The zero-order chi connectivity index (χ0) is 25.4. The quantitative estimate of drug-likeness (QED) is 0.330. The van der Waals surface area contributed by atoms with Crippen LogP contribution in [-0.2, 0) is 6.42 Å². The Hall–Kier alpha value is -2.82. The van der Waals surface area contributed by atoms with Gasteiger partial charge in [0.2, 0.25) is 0 Å². The average molecular weight is 478 g/mol. The molecule has 4 nitrogen and oxygen atoms in total. The molecule has 0 spiro atoms. The number of hydrogen-bond donors (Lipinski definition) is 0. The van der Waals surface area contributed by atoms with Gasteiger partial charge in [0.25, 0.3) is 5.56 Å². The topological polar surface area (TPSA) is 47.8 Å². The van der Waals surface area contributed by atoms with Gasteiger partial charge >= 0.3 is 0 Å². The molecule has 35 heavy (non-hydrogen) atoms. The van der Waals surface area contributed by atoms with E-state index in [0.29, 0.717) is 11.2 Å². The molecule has 0 N–H and O–H groups in total. The second-order valence-electron chi connectivity index (χ2n) is 10.6. The molecular formula is C30H40FN3O. The smallest absolute Gasteiger partial charge is 0.267 e. The van der Waals surface area contributed by atoms with Crippen molar-refractivity contribution < 1.29 is 4.39 Å². The van der Waals surface area contributed by atoms with Crippen LogP contribution < -0.4 is 5.56 Å². The van der Waals surface area contributed by atoms with Crippen LogP contribution in [0.2, 0.25) is 0 Å². The molecule has 188 valence electrons. The molecule has 5 heteroatoms. The zero-order valence-electron chi connectivity index (χ0n) is 22.0. The van der Waals surface area contributed by atoms with Gasteiger partial charge in [0, 0.05) is 6.07 Å². The van der Waals surface area contributed by atoms with Crippen molar-refractivity contribution in [3.05, 3.63) is 86.8 Å². The molecule has 0 fully saturated rings. The van der Waals surface area contributed by atoms with E-state index >= 15 is 0 Å². The average Bonchev–Trinajstić information content (AvgIpc) is 2.79. The number of rotatable bonds is 10. The second kappa shape index (κ2) is 12.2. The fraction of sp³-hybridized carbons (Fsp3) is 0.500. The number of halogens is 1. The Morgan fingerprint density at radius 1 is 1.09 bits per heavy atom. The van der Waals surface area contributed by atoms with Crippen LogP contribution in [0.5, 0.6) is 0 Å². The molecule has 2 heterocycles. The number of aryl methyl sites for hydroxylation is 1. The summed E-state index contributed by atoms with van der Waals surface area (Å²) in [5.41, 5.74) is 7.16. The third kappa shape index (κ3) is 7.84. The summed E-state index contributed by atoms with van der Waals surface area (Å²) < 4.78 is 14.2. The summed E-state index contributed by atoms with van der Waals surface area (Å²) in [6.45, 7) is 11.6. The van der Waals surface area contributed by atoms with Crippen LogP contribution in [0.4, 0.5) is 4.39 Å². The van der Waals surface area contributed by atoms with Gasteiger partial charge < -0.3 is 0 Å². The van der Waals surface area contributed by atoms with E-state index in [0.717, 1.165) is 43.9 Å². The normalized spacial score (nSPS) is 16.6. The summed E-state index contributed by atoms with van der Waals surface area (Å²) in [5, 5.41) is 4.20. The summed E-state index contributed by atoms with van der Waals surface area (Å²) in [4.78, 5) is 16.3. The SMILES string of the molecule is CC1=C(CC/C(C)=C/CC/C(C)=C/CCc2cnn(-c3ccc(F)cn3)c(=O)c2)C(C)(C)CCC1. The lowest BCUT2D eigenvalue weighted by atomic mass is 9.71. The van der Waals surface area contributed by atoms with Gasteiger partial charge in [-0.2, -0.15) is 9.78 Å². The molecule has 1 aliphatic carbocycles. The molecule has 0 aliphatic heterocycles. The van der Waals surface area contributed by atoms with Gasteiger partial charge in [0.1, 0.15) is 5.82 Å². The highest BCUT2D eigenvalue weighted by atomic mass is 19.1. The number of hydrogen-bond acceptors (Lipinski definition) is 3. The molecule has 1 aliphatic rings. The van der Waals surface area contributed by atoms with Crippen LogP contribution in [0.1, 0.15) is 91.5 Å². The molecule has 2 aromatic heterocycles. The maximum atomic E-state index is 13.1. The van der Waals surface area contributed by atoms with E-state index in [1.807, 2.05) is 0 Å². The predicted molar refractivity (Wildman–Crippen MR) is 142 cm³/mol. The Morgan fingerprint density at radius 2 is 1.83 bits per heavy atom. The van der Waals surface area contributed by atoms with E-state index in [9.17, 15) is 9.18 Å². The lowest BCUT2D eigenvalue weighted by molar-refractivity contribution is 0.354. The summed E-state index contributed by atoms with van der Waals surface area (Å²) in [6.07, 6.45) is 17.4. The molecule has 0 bridgehead atoms. The van der Waals surface area contributed by atoms with E-state index in [2.05, 4.69) is 56.9 Å². The van der Waals surface area contributed by atoms with Crippen molar-refractivity contribution in [2.24, 2.45) is 5.41 Å². The highest BCUT2D eigenvalue weighted by Crippen LogP contribution is 2.42. The lowest BCUT2D eigenvalue weighted by Gasteiger charge is -2.35. The van der Waals surface area contributed by atoms with Crippen LogP contribution in [0.15, 0.2) is 69.8 Å². The fourth-order valence-electron chi connectivity index (χ4n) is 5.03. The lowest BCUT2D eigenvalue weighted by Crippen LogP contribution is -2.21. The van der Waals surface area contributed by atoms with Gasteiger partial charge in [-0.15, -0.1) is 0 Å². The minimum atomic E-state index is -0.442. The monoisotopic (exact) mass is 477 g/mol. The van der Waals surface area contributed by atoms with Crippen molar-refractivity contribution >= 4 is 0 Å². The third-order valence-corrected chi connectivity index (χ3v) is 7.20. The first-order valence-electron chi connectivity index (χ1n) is 12.9. The Bertz CT molecular complexity index is 1150. The van der Waals surface area contributed by atoms with E-state index in [-0.39, 0.29) is 5.56 Å². The first-order chi connectivity index (χ1) is 16.7. The zero-order valence-corrected chi connectivity index (χ0v) is 22.0. The number of aromatic nitrogens is 3. The van der Waals surface area contributed by atoms with Crippen molar-refractivity contribution in [2.75, 3.05) is 0 Å². The molecule has 0 saturated carbocycles. The second-order valence-corrected chi connectivity index (χ2v) is 10.6. The molecular weight excluding hydrogens is 437 g/mol. The number of nitrogens with zero attached hydrogens (tertiary/aromatic N) is 3. The van der Waals surface area contributed by atoms with E-state index in [1.54, 1.807) is 23.4 Å². The maximum absolute atomic E-state index is 13.1. The Morgan fingerprint density at radius 3 is 2.51 bits per heavy atom. The highest BCUT2D eigenvalue weighted by Gasteiger charge is 2.27. The van der Waals surface area contributed by atoms with Gasteiger partial charge in [0.05, 0.1) is 12.4 Å². The molecule has 2 aromatic rings. The van der Waals surface area contributed by atoms with E-state index in [4.69, 9.17) is 0 Å². The molecule has 0 aromatic carbocycles. The summed E-state index contributed by atoms with van der Waals surface area (Å²) >= 11 is 0. The number of pyridine rings is 1. The molecule has 3 rings (SSSR count). The summed E-state index contributed by atoms with van der Waals surface area (Å²) in [6, 6.07) is 4.30. The third-order valence-electron chi connectivity index (χ3n) is 7.20. The van der Waals surface area contributed by atoms with Crippen molar-refractivity contribution in [3.8, 4) is 5.82 Å². The van der Waals surface area contributed by atoms with Crippen LogP contribution in [0.3, 0.4) is 0 Å². The first kappa shape index (κ1) is 26.8. The Labute approximate surface area is 209 Å². The molecule has 0 unspecified atom stereocenters. The van der Waals surface area contributed by atoms with Crippen LogP contribution >= 0.6 is 0 Å². The van der Waals surface area contributed by atoms with Gasteiger partial charge in [-0.1, -0.05) is 48.3 Å². The van der Waals surface area contributed by atoms with Crippen LogP contribution in [0.25, 0.3) is 5.82 Å². The minimum absolute atomic E-state index is 0.259. The van der Waals surface area contributed by atoms with Crippen molar-refractivity contribution in [1.82, 2.24) is 14.8 Å². The fourth-order valence-corrected chi connectivity index (χ4v) is 5.03. The van der Waals surface area contributed by atoms with Gasteiger partial charge in [-0.25, -0.2) is 9.37 Å². The first-order valence-corrected chi connectivity index (χ1v) is 12.9. The predicted octanol–water partition coefficient (Wildman–Crippen LogP) is 7.68. The largest absolute Gasteiger partial charge is 0.273 e. The van der Waals surface area contributed by atoms with Crippen molar-refractivity contribution in [3.63, 3.8) is 0 Å². The molecule has 0 radical (unpaired) electrons. The molecule has 0 atom stereocenters. The van der Waals surface area contributed by atoms with Gasteiger partial charge in [-0.3, -0.25) is 4.79 Å².